The van der Waals surface area contributed by atoms with Gasteiger partial charge in [-0.15, -0.1) is 0 Å². The largest absolute Gasteiger partial charge is 0.355 e. The van der Waals surface area contributed by atoms with Crippen LogP contribution in [0.15, 0.2) is 78.9 Å². The Morgan fingerprint density at radius 3 is 1.89 bits per heavy atom. The van der Waals surface area contributed by atoms with Gasteiger partial charge < -0.3 is 16.0 Å². The minimum Gasteiger partial charge on any atom is -0.355 e. The standard InChI is InChI=1S/C23H23N3O2/c1-16(2)22(27)25-18-12-14-19(15-13-18)26-23(28)20-10-6-7-11-21(20)24-17-8-4-3-5-9-17/h3-16,24H,1-2H3,(H,25,27)(H,26,28). The fourth-order valence-electron chi connectivity index (χ4n) is 2.59. The summed E-state index contributed by atoms with van der Waals surface area (Å²) < 4.78 is 0. The molecule has 0 unspecified atom stereocenters. The van der Waals surface area contributed by atoms with E-state index in [2.05, 4.69) is 16.0 Å². The number of hydrogen-bond acceptors (Lipinski definition) is 3. The first-order valence-electron chi connectivity index (χ1n) is 9.16. The van der Waals surface area contributed by atoms with E-state index in [1.807, 2.05) is 62.4 Å². The van der Waals surface area contributed by atoms with Crippen LogP contribution < -0.4 is 16.0 Å². The van der Waals surface area contributed by atoms with Crippen LogP contribution in [0.25, 0.3) is 0 Å². The summed E-state index contributed by atoms with van der Waals surface area (Å²) in [6, 6.07) is 24.1. The third-order valence-corrected chi connectivity index (χ3v) is 4.16. The minimum absolute atomic E-state index is 0.0438. The van der Waals surface area contributed by atoms with Gasteiger partial charge in [0.25, 0.3) is 5.91 Å². The summed E-state index contributed by atoms with van der Waals surface area (Å²) in [7, 11) is 0. The molecule has 0 aliphatic heterocycles. The van der Waals surface area contributed by atoms with Crippen LogP contribution in [0.3, 0.4) is 0 Å². The molecule has 3 rings (SSSR count). The molecule has 0 heterocycles. The molecule has 0 aliphatic rings. The highest BCUT2D eigenvalue weighted by Gasteiger charge is 2.12. The van der Waals surface area contributed by atoms with Gasteiger partial charge in [-0.05, 0) is 48.5 Å². The molecule has 28 heavy (non-hydrogen) atoms. The van der Waals surface area contributed by atoms with Crippen molar-refractivity contribution >= 4 is 34.6 Å². The normalized spacial score (nSPS) is 10.4. The van der Waals surface area contributed by atoms with Gasteiger partial charge in [-0.1, -0.05) is 44.2 Å². The van der Waals surface area contributed by atoms with Crippen LogP contribution in [0.2, 0.25) is 0 Å². The molecule has 0 spiro atoms. The van der Waals surface area contributed by atoms with E-state index in [0.717, 1.165) is 11.4 Å². The molecule has 0 aromatic heterocycles. The summed E-state index contributed by atoms with van der Waals surface area (Å²) in [5, 5.41) is 9.00. The lowest BCUT2D eigenvalue weighted by molar-refractivity contribution is -0.118. The maximum absolute atomic E-state index is 12.8. The Labute approximate surface area is 164 Å². The fourth-order valence-corrected chi connectivity index (χ4v) is 2.59. The van der Waals surface area contributed by atoms with Crippen LogP contribution in [-0.2, 0) is 4.79 Å². The van der Waals surface area contributed by atoms with Crippen molar-refractivity contribution in [3.8, 4) is 0 Å². The van der Waals surface area contributed by atoms with Gasteiger partial charge >= 0.3 is 0 Å². The fraction of sp³-hybridized carbons (Fsp3) is 0.130. The van der Waals surface area contributed by atoms with Crippen molar-refractivity contribution in [1.29, 1.82) is 0 Å². The highest BCUT2D eigenvalue weighted by molar-refractivity contribution is 6.08. The van der Waals surface area contributed by atoms with Crippen molar-refractivity contribution in [2.75, 3.05) is 16.0 Å². The molecule has 3 aromatic carbocycles. The number of amides is 2. The SMILES string of the molecule is CC(C)C(=O)Nc1ccc(NC(=O)c2ccccc2Nc2ccccc2)cc1. The summed E-state index contributed by atoms with van der Waals surface area (Å²) in [6.07, 6.45) is 0. The first-order valence-corrected chi connectivity index (χ1v) is 9.16. The molecule has 3 aromatic rings. The van der Waals surface area contributed by atoms with E-state index >= 15 is 0 Å². The Morgan fingerprint density at radius 1 is 0.679 bits per heavy atom. The molecule has 0 fully saturated rings. The second kappa shape index (κ2) is 8.86. The van der Waals surface area contributed by atoms with E-state index in [4.69, 9.17) is 0 Å². The van der Waals surface area contributed by atoms with Crippen LogP contribution in [-0.4, -0.2) is 11.8 Å². The van der Waals surface area contributed by atoms with Crippen molar-refractivity contribution in [3.63, 3.8) is 0 Å². The number of carbonyl (C=O) groups is 2. The Hall–Kier alpha value is -3.60. The first-order chi connectivity index (χ1) is 13.5. The van der Waals surface area contributed by atoms with E-state index in [1.165, 1.54) is 0 Å². The molecule has 0 bridgehead atoms. The zero-order chi connectivity index (χ0) is 19.9. The Bertz CT molecular complexity index is 951. The summed E-state index contributed by atoms with van der Waals surface area (Å²) in [6.45, 7) is 3.68. The third-order valence-electron chi connectivity index (χ3n) is 4.16. The van der Waals surface area contributed by atoms with Gasteiger partial charge in [0.05, 0.1) is 11.3 Å². The lowest BCUT2D eigenvalue weighted by Crippen LogP contribution is -2.17. The molecule has 5 nitrogen and oxygen atoms in total. The van der Waals surface area contributed by atoms with Crippen LogP contribution in [0, 0.1) is 5.92 Å². The Kier molecular flexibility index (Phi) is 6.07. The van der Waals surface area contributed by atoms with Crippen molar-refractivity contribution in [2.24, 2.45) is 5.92 Å². The van der Waals surface area contributed by atoms with E-state index in [-0.39, 0.29) is 17.7 Å². The van der Waals surface area contributed by atoms with Crippen molar-refractivity contribution in [2.45, 2.75) is 13.8 Å². The number of carbonyl (C=O) groups excluding carboxylic acids is 2. The van der Waals surface area contributed by atoms with Gasteiger partial charge in [0.15, 0.2) is 0 Å². The van der Waals surface area contributed by atoms with Gasteiger partial charge in [0.2, 0.25) is 5.91 Å². The van der Waals surface area contributed by atoms with Crippen molar-refractivity contribution < 1.29 is 9.59 Å². The van der Waals surface area contributed by atoms with Gasteiger partial charge in [0.1, 0.15) is 0 Å². The monoisotopic (exact) mass is 373 g/mol. The van der Waals surface area contributed by atoms with Gasteiger partial charge in [-0.25, -0.2) is 0 Å². The van der Waals surface area contributed by atoms with Gasteiger partial charge in [0, 0.05) is 23.0 Å². The molecular formula is C23H23N3O2. The van der Waals surface area contributed by atoms with Crippen LogP contribution in [0.5, 0.6) is 0 Å². The molecular weight excluding hydrogens is 350 g/mol. The maximum atomic E-state index is 12.8. The highest BCUT2D eigenvalue weighted by Crippen LogP contribution is 2.22. The Morgan fingerprint density at radius 2 is 1.25 bits per heavy atom. The second-order valence-electron chi connectivity index (χ2n) is 6.71. The molecule has 3 N–H and O–H groups in total. The van der Waals surface area contributed by atoms with Crippen LogP contribution in [0.1, 0.15) is 24.2 Å². The zero-order valence-electron chi connectivity index (χ0n) is 15.9. The molecule has 2 amide bonds. The number of benzene rings is 3. The average Bonchev–Trinajstić information content (AvgIpc) is 2.70. The van der Waals surface area contributed by atoms with E-state index in [1.54, 1.807) is 30.3 Å². The number of anilines is 4. The van der Waals surface area contributed by atoms with Crippen molar-refractivity contribution in [3.05, 3.63) is 84.4 Å². The average molecular weight is 373 g/mol. The summed E-state index contributed by atoms with van der Waals surface area (Å²) in [4.78, 5) is 24.5. The third kappa shape index (κ3) is 4.98. The Balaban J connectivity index is 1.70. The number of para-hydroxylation sites is 2. The quantitative estimate of drug-likeness (QED) is 0.551. The second-order valence-corrected chi connectivity index (χ2v) is 6.71. The zero-order valence-corrected chi connectivity index (χ0v) is 15.9. The van der Waals surface area contributed by atoms with E-state index < -0.39 is 0 Å². The smallest absolute Gasteiger partial charge is 0.257 e. The number of rotatable bonds is 6. The highest BCUT2D eigenvalue weighted by atomic mass is 16.2. The molecule has 0 atom stereocenters. The topological polar surface area (TPSA) is 70.2 Å². The number of hydrogen-bond donors (Lipinski definition) is 3. The summed E-state index contributed by atoms with van der Waals surface area (Å²) >= 11 is 0. The van der Waals surface area contributed by atoms with E-state index in [0.29, 0.717) is 16.9 Å². The van der Waals surface area contributed by atoms with Gasteiger partial charge in [-0.2, -0.15) is 0 Å². The van der Waals surface area contributed by atoms with Crippen molar-refractivity contribution in [1.82, 2.24) is 0 Å². The molecule has 0 radical (unpaired) electrons. The lowest BCUT2D eigenvalue weighted by atomic mass is 10.1. The summed E-state index contributed by atoms with van der Waals surface area (Å²) in [5.74, 6) is -0.344. The summed E-state index contributed by atoms with van der Waals surface area (Å²) in [5.41, 5.74) is 3.54. The minimum atomic E-state index is -0.210. The lowest BCUT2D eigenvalue weighted by Gasteiger charge is -2.13. The van der Waals surface area contributed by atoms with E-state index in [9.17, 15) is 9.59 Å². The maximum Gasteiger partial charge on any atom is 0.257 e. The molecule has 0 saturated heterocycles. The predicted octanol–water partition coefficient (Wildman–Crippen LogP) is 5.28. The molecule has 142 valence electrons. The molecule has 0 saturated carbocycles. The van der Waals surface area contributed by atoms with Crippen LogP contribution >= 0.6 is 0 Å². The first kappa shape index (κ1) is 19.2. The number of nitrogens with one attached hydrogen (secondary N) is 3. The molecule has 0 aliphatic carbocycles. The van der Waals surface area contributed by atoms with Gasteiger partial charge in [-0.3, -0.25) is 9.59 Å². The molecule has 5 heteroatoms. The van der Waals surface area contributed by atoms with Crippen LogP contribution in [0.4, 0.5) is 22.7 Å². The predicted molar refractivity (Wildman–Crippen MR) is 114 cm³/mol.